The van der Waals surface area contributed by atoms with Crippen LogP contribution in [0.3, 0.4) is 0 Å². The third-order valence-electron chi connectivity index (χ3n) is 2.95. The fraction of sp³-hybridized carbons (Fsp3) is 0.333. The van der Waals surface area contributed by atoms with E-state index in [4.69, 9.17) is 11.6 Å². The van der Waals surface area contributed by atoms with Crippen molar-refractivity contribution in [1.82, 2.24) is 10.2 Å². The molecule has 0 aromatic heterocycles. The molecule has 0 unspecified atom stereocenters. The number of amides is 2. The van der Waals surface area contributed by atoms with Gasteiger partial charge in [0.05, 0.1) is 16.5 Å². The van der Waals surface area contributed by atoms with Crippen molar-refractivity contribution < 1.29 is 14.5 Å². The highest BCUT2D eigenvalue weighted by Crippen LogP contribution is 2.27. The van der Waals surface area contributed by atoms with Crippen molar-refractivity contribution in [2.24, 2.45) is 0 Å². The van der Waals surface area contributed by atoms with Gasteiger partial charge in [0.2, 0.25) is 5.91 Å². The first kappa shape index (κ1) is 14.3. The molecule has 1 aromatic rings. The second-order valence-corrected chi connectivity index (χ2v) is 4.73. The second-order valence-electron chi connectivity index (χ2n) is 4.32. The van der Waals surface area contributed by atoms with Gasteiger partial charge >= 0.3 is 0 Å². The zero-order chi connectivity index (χ0) is 14.7. The molecule has 1 fully saturated rings. The van der Waals surface area contributed by atoms with Crippen LogP contribution in [0.25, 0.3) is 0 Å². The molecule has 1 N–H and O–H groups in total. The van der Waals surface area contributed by atoms with Crippen LogP contribution in [0.15, 0.2) is 18.2 Å². The Hall–Kier alpha value is -2.15. The molecule has 106 valence electrons. The standard InChI is InChI=1S/C12H12ClN3O4/c13-8-3-1-4-9(16(19)20)11(8)12(18)15-6-2-5-14-10(17)7-15/h1,3-4H,2,5-7H2,(H,14,17). The minimum absolute atomic E-state index is 0.00820. The highest BCUT2D eigenvalue weighted by atomic mass is 35.5. The molecule has 0 atom stereocenters. The monoisotopic (exact) mass is 297 g/mol. The Bertz CT molecular complexity index is 576. The van der Waals surface area contributed by atoms with Gasteiger partial charge in [-0.25, -0.2) is 0 Å². The first-order valence-corrected chi connectivity index (χ1v) is 6.37. The van der Waals surface area contributed by atoms with Gasteiger partial charge in [0.1, 0.15) is 5.56 Å². The lowest BCUT2D eigenvalue weighted by atomic mass is 10.1. The summed E-state index contributed by atoms with van der Waals surface area (Å²) in [5.41, 5.74) is -0.527. The molecule has 0 spiro atoms. The number of nitro benzene ring substituents is 1. The van der Waals surface area contributed by atoms with Gasteiger partial charge in [-0.15, -0.1) is 0 Å². The number of halogens is 1. The van der Waals surface area contributed by atoms with Crippen LogP contribution in [0.5, 0.6) is 0 Å². The predicted molar refractivity (Wildman–Crippen MR) is 71.6 cm³/mol. The zero-order valence-electron chi connectivity index (χ0n) is 10.5. The molecule has 0 aliphatic carbocycles. The molecule has 20 heavy (non-hydrogen) atoms. The van der Waals surface area contributed by atoms with E-state index in [0.717, 1.165) is 0 Å². The molecule has 0 radical (unpaired) electrons. The number of benzene rings is 1. The summed E-state index contributed by atoms with van der Waals surface area (Å²) < 4.78 is 0. The topological polar surface area (TPSA) is 92.5 Å². The number of nitrogens with zero attached hydrogens (tertiary/aromatic N) is 2. The third kappa shape index (κ3) is 2.88. The van der Waals surface area contributed by atoms with E-state index in [1.54, 1.807) is 0 Å². The summed E-state index contributed by atoms with van der Waals surface area (Å²) in [5, 5.41) is 13.6. The predicted octanol–water partition coefficient (Wildman–Crippen LogP) is 1.21. The minimum atomic E-state index is -0.656. The molecule has 0 bridgehead atoms. The largest absolute Gasteiger partial charge is 0.354 e. The Balaban J connectivity index is 2.37. The summed E-state index contributed by atoms with van der Waals surface area (Å²) in [5.74, 6) is -0.884. The molecule has 2 amide bonds. The summed E-state index contributed by atoms with van der Waals surface area (Å²) in [6.07, 6.45) is 0.593. The van der Waals surface area contributed by atoms with Crippen molar-refractivity contribution in [2.75, 3.05) is 19.6 Å². The number of carbonyl (C=O) groups is 2. The van der Waals surface area contributed by atoms with Crippen molar-refractivity contribution in [3.05, 3.63) is 38.9 Å². The van der Waals surface area contributed by atoms with Crippen molar-refractivity contribution in [3.63, 3.8) is 0 Å². The van der Waals surface area contributed by atoms with Crippen molar-refractivity contribution in [3.8, 4) is 0 Å². The first-order valence-electron chi connectivity index (χ1n) is 5.99. The maximum Gasteiger partial charge on any atom is 0.283 e. The average Bonchev–Trinajstić information content (AvgIpc) is 2.62. The van der Waals surface area contributed by atoms with E-state index < -0.39 is 10.8 Å². The van der Waals surface area contributed by atoms with E-state index in [-0.39, 0.29) is 28.7 Å². The molecule has 8 heteroatoms. The highest BCUT2D eigenvalue weighted by Gasteiger charge is 2.29. The molecule has 1 aliphatic rings. The lowest BCUT2D eigenvalue weighted by Crippen LogP contribution is -2.37. The molecule has 1 aromatic carbocycles. The number of nitrogens with one attached hydrogen (secondary N) is 1. The molecule has 1 aliphatic heterocycles. The van der Waals surface area contributed by atoms with E-state index in [1.165, 1.54) is 23.1 Å². The average molecular weight is 298 g/mol. The Kier molecular flexibility index (Phi) is 4.19. The molecule has 7 nitrogen and oxygen atoms in total. The summed E-state index contributed by atoms with van der Waals surface area (Å²) in [6.45, 7) is 0.703. The lowest BCUT2D eigenvalue weighted by Gasteiger charge is -2.19. The summed E-state index contributed by atoms with van der Waals surface area (Å²) in [7, 11) is 0. The zero-order valence-corrected chi connectivity index (χ0v) is 11.2. The quantitative estimate of drug-likeness (QED) is 0.656. The molecular formula is C12H12ClN3O4. The van der Waals surface area contributed by atoms with Crippen LogP contribution in [-0.4, -0.2) is 41.3 Å². The summed E-state index contributed by atoms with van der Waals surface area (Å²) in [6, 6.07) is 4.04. The van der Waals surface area contributed by atoms with Crippen molar-refractivity contribution >= 4 is 29.1 Å². The summed E-state index contributed by atoms with van der Waals surface area (Å²) in [4.78, 5) is 35.5. The Morgan fingerprint density at radius 1 is 1.45 bits per heavy atom. The minimum Gasteiger partial charge on any atom is -0.354 e. The van der Waals surface area contributed by atoms with Crippen molar-refractivity contribution in [1.29, 1.82) is 0 Å². The van der Waals surface area contributed by atoms with Gasteiger partial charge < -0.3 is 10.2 Å². The van der Waals surface area contributed by atoms with Crippen LogP contribution >= 0.6 is 11.6 Å². The smallest absolute Gasteiger partial charge is 0.283 e. The van der Waals surface area contributed by atoms with E-state index in [0.29, 0.717) is 19.5 Å². The second kappa shape index (κ2) is 5.87. The van der Waals surface area contributed by atoms with E-state index in [1.807, 2.05) is 0 Å². The van der Waals surface area contributed by atoms with E-state index in [2.05, 4.69) is 5.32 Å². The van der Waals surface area contributed by atoms with Gasteiger partial charge in [-0.3, -0.25) is 19.7 Å². The maximum absolute atomic E-state index is 12.4. The molecular weight excluding hydrogens is 286 g/mol. The number of carbonyl (C=O) groups excluding carboxylic acids is 2. The van der Waals surface area contributed by atoms with Crippen LogP contribution in [-0.2, 0) is 4.79 Å². The first-order chi connectivity index (χ1) is 9.50. The Morgan fingerprint density at radius 2 is 2.20 bits per heavy atom. The van der Waals surface area contributed by atoms with Crippen LogP contribution in [0, 0.1) is 10.1 Å². The SMILES string of the molecule is O=C1CN(C(=O)c2c(Cl)cccc2[N+](=O)[O-])CCCN1. The van der Waals surface area contributed by atoms with Crippen LogP contribution in [0.2, 0.25) is 5.02 Å². The normalized spacial score (nSPS) is 15.4. The van der Waals surface area contributed by atoms with Crippen molar-refractivity contribution in [2.45, 2.75) is 6.42 Å². The fourth-order valence-corrected chi connectivity index (χ4v) is 2.26. The number of hydrogen-bond donors (Lipinski definition) is 1. The van der Waals surface area contributed by atoms with Gasteiger partial charge in [-0.2, -0.15) is 0 Å². The van der Waals surface area contributed by atoms with Gasteiger partial charge in [-0.1, -0.05) is 17.7 Å². The maximum atomic E-state index is 12.4. The van der Waals surface area contributed by atoms with Crippen LogP contribution in [0.4, 0.5) is 5.69 Å². The highest BCUT2D eigenvalue weighted by molar-refractivity contribution is 6.34. The van der Waals surface area contributed by atoms with Gasteiger partial charge in [0, 0.05) is 19.2 Å². The molecule has 2 rings (SSSR count). The third-order valence-corrected chi connectivity index (χ3v) is 3.27. The Labute approximate surface area is 119 Å². The molecule has 1 heterocycles. The lowest BCUT2D eigenvalue weighted by molar-refractivity contribution is -0.385. The number of nitro groups is 1. The summed E-state index contributed by atoms with van der Waals surface area (Å²) >= 11 is 5.91. The van der Waals surface area contributed by atoms with E-state index in [9.17, 15) is 19.7 Å². The van der Waals surface area contributed by atoms with Crippen LogP contribution < -0.4 is 5.32 Å². The Morgan fingerprint density at radius 3 is 2.90 bits per heavy atom. The van der Waals surface area contributed by atoms with Gasteiger partial charge in [0.15, 0.2) is 0 Å². The molecule has 0 saturated carbocycles. The van der Waals surface area contributed by atoms with Crippen LogP contribution in [0.1, 0.15) is 16.8 Å². The fourth-order valence-electron chi connectivity index (χ4n) is 2.01. The number of rotatable bonds is 2. The van der Waals surface area contributed by atoms with E-state index >= 15 is 0 Å². The van der Waals surface area contributed by atoms with Gasteiger partial charge in [0.25, 0.3) is 11.6 Å². The molecule has 1 saturated heterocycles. The van der Waals surface area contributed by atoms with Gasteiger partial charge in [-0.05, 0) is 12.5 Å². The number of hydrogen-bond acceptors (Lipinski definition) is 4.